The number of halogens is 2. The highest BCUT2D eigenvalue weighted by Crippen LogP contribution is 2.34. The number of tetrazole rings is 1. The predicted molar refractivity (Wildman–Crippen MR) is 81.8 cm³/mol. The van der Waals surface area contributed by atoms with Crippen LogP contribution in [-0.2, 0) is 6.54 Å². The van der Waals surface area contributed by atoms with Gasteiger partial charge in [-0.05, 0) is 34.4 Å². The van der Waals surface area contributed by atoms with Gasteiger partial charge in [0, 0.05) is 17.8 Å². The van der Waals surface area contributed by atoms with Gasteiger partial charge in [-0.25, -0.2) is 4.68 Å². The van der Waals surface area contributed by atoms with Crippen LogP contribution in [0.15, 0.2) is 12.1 Å². The maximum absolute atomic E-state index is 6.22. The number of aryl methyl sites for hydroxylation is 1. The molecule has 0 saturated carbocycles. The van der Waals surface area contributed by atoms with Crippen molar-refractivity contribution in [2.24, 2.45) is 5.41 Å². The molecule has 0 aliphatic rings. The van der Waals surface area contributed by atoms with Crippen molar-refractivity contribution in [2.45, 2.75) is 33.7 Å². The lowest BCUT2D eigenvalue weighted by Crippen LogP contribution is -2.12. The second-order valence-electron chi connectivity index (χ2n) is 5.90. The summed E-state index contributed by atoms with van der Waals surface area (Å²) < 4.78 is 1.72. The molecule has 0 amide bonds. The summed E-state index contributed by atoms with van der Waals surface area (Å²) in [6, 6.07) is 3.34. The summed E-state index contributed by atoms with van der Waals surface area (Å²) >= 11 is 12.3. The monoisotopic (exact) mass is 313 g/mol. The summed E-state index contributed by atoms with van der Waals surface area (Å²) in [7, 11) is 0. The van der Waals surface area contributed by atoms with Gasteiger partial charge >= 0.3 is 0 Å². The third kappa shape index (κ3) is 3.41. The quantitative estimate of drug-likeness (QED) is 0.878. The van der Waals surface area contributed by atoms with Crippen molar-refractivity contribution in [3.05, 3.63) is 22.2 Å². The van der Waals surface area contributed by atoms with Gasteiger partial charge in [-0.1, -0.05) is 44.0 Å². The van der Waals surface area contributed by atoms with E-state index < -0.39 is 0 Å². The Bertz CT molecular complexity index is 616. The lowest BCUT2D eigenvalue weighted by atomic mass is 9.92. The van der Waals surface area contributed by atoms with E-state index in [0.717, 1.165) is 6.42 Å². The highest BCUT2D eigenvalue weighted by molar-refractivity contribution is 6.43. The number of hydrogen-bond donors (Lipinski definition) is 1. The molecule has 0 saturated heterocycles. The smallest absolute Gasteiger partial charge is 0.183 e. The van der Waals surface area contributed by atoms with Gasteiger partial charge < -0.3 is 5.73 Å². The normalized spacial score (nSPS) is 11.8. The molecule has 2 N–H and O–H groups in total. The van der Waals surface area contributed by atoms with Crippen LogP contribution in [0.3, 0.4) is 0 Å². The number of nitrogen functional groups attached to an aromatic ring is 1. The Balaban J connectivity index is 2.37. The summed E-state index contributed by atoms with van der Waals surface area (Å²) in [5.74, 6) is 0.577. The summed E-state index contributed by atoms with van der Waals surface area (Å²) in [5.41, 5.74) is 7.18. The molecule has 5 nitrogen and oxygen atoms in total. The molecule has 0 radical (unpaired) electrons. The first kappa shape index (κ1) is 15.1. The first-order chi connectivity index (χ1) is 9.28. The molecule has 0 atom stereocenters. The topological polar surface area (TPSA) is 69.6 Å². The molecule has 0 unspecified atom stereocenters. The molecular weight excluding hydrogens is 297 g/mol. The molecule has 1 aromatic heterocycles. The van der Waals surface area contributed by atoms with E-state index in [1.165, 1.54) is 0 Å². The van der Waals surface area contributed by atoms with Crippen LogP contribution in [0, 0.1) is 5.41 Å². The Morgan fingerprint density at radius 2 is 1.95 bits per heavy atom. The highest BCUT2D eigenvalue weighted by atomic mass is 35.5. The molecular formula is C13H17Cl2N5. The van der Waals surface area contributed by atoms with Crippen LogP contribution < -0.4 is 5.73 Å². The minimum absolute atomic E-state index is 0.195. The fourth-order valence-corrected chi connectivity index (χ4v) is 2.18. The van der Waals surface area contributed by atoms with Crippen LogP contribution in [0.1, 0.15) is 27.2 Å². The first-order valence-corrected chi connectivity index (χ1v) is 7.04. The molecule has 108 valence electrons. The number of nitrogens with two attached hydrogens (primary N) is 1. The molecule has 1 aromatic carbocycles. The first-order valence-electron chi connectivity index (χ1n) is 6.29. The number of anilines is 1. The minimum atomic E-state index is 0.195. The zero-order valence-electron chi connectivity index (χ0n) is 11.7. The van der Waals surface area contributed by atoms with Crippen molar-refractivity contribution in [3.63, 3.8) is 0 Å². The summed E-state index contributed by atoms with van der Waals surface area (Å²) in [6.07, 6.45) is 0.943. The van der Waals surface area contributed by atoms with Crippen molar-refractivity contribution in [2.75, 3.05) is 5.73 Å². The average molecular weight is 314 g/mol. The maximum atomic E-state index is 6.22. The molecule has 1 heterocycles. The highest BCUT2D eigenvalue weighted by Gasteiger charge is 2.17. The average Bonchev–Trinajstić information content (AvgIpc) is 2.78. The van der Waals surface area contributed by atoms with Gasteiger partial charge in [0.2, 0.25) is 0 Å². The molecule has 0 aliphatic heterocycles. The van der Waals surface area contributed by atoms with E-state index >= 15 is 0 Å². The molecule has 0 fully saturated rings. The number of benzene rings is 1. The van der Waals surface area contributed by atoms with Crippen LogP contribution in [0.25, 0.3) is 11.4 Å². The van der Waals surface area contributed by atoms with E-state index in [1.807, 2.05) is 0 Å². The second kappa shape index (κ2) is 5.58. The van der Waals surface area contributed by atoms with Gasteiger partial charge in [0.25, 0.3) is 0 Å². The lowest BCUT2D eigenvalue weighted by molar-refractivity contribution is 0.340. The van der Waals surface area contributed by atoms with Gasteiger partial charge in [0.1, 0.15) is 0 Å². The largest absolute Gasteiger partial charge is 0.399 e. The van der Waals surface area contributed by atoms with E-state index in [-0.39, 0.29) is 5.41 Å². The van der Waals surface area contributed by atoms with Gasteiger partial charge in [0.15, 0.2) is 5.82 Å². The van der Waals surface area contributed by atoms with Gasteiger partial charge in [0.05, 0.1) is 10.0 Å². The second-order valence-corrected chi connectivity index (χ2v) is 6.69. The number of hydrogen-bond acceptors (Lipinski definition) is 4. The van der Waals surface area contributed by atoms with Crippen LogP contribution in [0.5, 0.6) is 0 Å². The number of rotatable bonds is 3. The molecule has 0 bridgehead atoms. The fourth-order valence-electron chi connectivity index (χ4n) is 1.76. The molecule has 2 aromatic rings. The summed E-state index contributed by atoms with van der Waals surface area (Å²) in [6.45, 7) is 7.21. The van der Waals surface area contributed by atoms with Crippen LogP contribution in [-0.4, -0.2) is 20.2 Å². The lowest BCUT2D eigenvalue weighted by Gasteiger charge is -2.18. The van der Waals surface area contributed by atoms with Crippen molar-refractivity contribution in [1.29, 1.82) is 0 Å². The fraction of sp³-hybridized carbons (Fsp3) is 0.462. The van der Waals surface area contributed by atoms with Crippen LogP contribution in [0.2, 0.25) is 10.0 Å². The summed E-state index contributed by atoms with van der Waals surface area (Å²) in [5, 5.41) is 12.6. The van der Waals surface area contributed by atoms with Gasteiger partial charge in [-0.15, -0.1) is 5.10 Å². The van der Waals surface area contributed by atoms with Gasteiger partial charge in [-0.2, -0.15) is 0 Å². The summed E-state index contributed by atoms with van der Waals surface area (Å²) in [4.78, 5) is 0. The zero-order chi connectivity index (χ0) is 14.9. The van der Waals surface area contributed by atoms with Crippen LogP contribution in [0.4, 0.5) is 5.69 Å². The molecule has 0 spiro atoms. The number of nitrogens with zero attached hydrogens (tertiary/aromatic N) is 4. The molecule has 2 rings (SSSR count). The van der Waals surface area contributed by atoms with Gasteiger partial charge in [-0.3, -0.25) is 0 Å². The zero-order valence-corrected chi connectivity index (χ0v) is 13.2. The van der Waals surface area contributed by atoms with E-state index in [1.54, 1.807) is 16.8 Å². The van der Waals surface area contributed by atoms with Crippen LogP contribution >= 0.6 is 23.2 Å². The molecule has 20 heavy (non-hydrogen) atoms. The van der Waals surface area contributed by atoms with Crippen molar-refractivity contribution >= 4 is 28.9 Å². The third-order valence-corrected chi connectivity index (χ3v) is 3.70. The van der Waals surface area contributed by atoms with E-state index in [0.29, 0.717) is 33.7 Å². The predicted octanol–water partition coefficient (Wildman–Crippen LogP) is 3.67. The van der Waals surface area contributed by atoms with Crippen molar-refractivity contribution < 1.29 is 0 Å². The Morgan fingerprint density at radius 1 is 1.25 bits per heavy atom. The Morgan fingerprint density at radius 3 is 2.60 bits per heavy atom. The maximum Gasteiger partial charge on any atom is 0.183 e. The van der Waals surface area contributed by atoms with E-state index in [4.69, 9.17) is 28.9 Å². The Hall–Kier alpha value is -1.33. The van der Waals surface area contributed by atoms with E-state index in [9.17, 15) is 0 Å². The Kier molecular flexibility index (Phi) is 4.20. The van der Waals surface area contributed by atoms with Crippen molar-refractivity contribution in [3.8, 4) is 11.4 Å². The SMILES string of the molecule is CC(C)(C)CCn1nnnc1-c1cc(N)cc(Cl)c1Cl. The Labute approximate surface area is 128 Å². The number of aromatic nitrogens is 4. The molecule has 0 aliphatic carbocycles. The standard InChI is InChI=1S/C13H17Cl2N5/c1-13(2,3)4-5-20-12(17-18-19-20)9-6-8(16)7-10(14)11(9)15/h6-7H,4-5,16H2,1-3H3. The third-order valence-electron chi connectivity index (χ3n) is 2.90. The molecule has 7 heteroatoms. The minimum Gasteiger partial charge on any atom is -0.399 e. The van der Waals surface area contributed by atoms with Crippen molar-refractivity contribution in [1.82, 2.24) is 20.2 Å². The van der Waals surface area contributed by atoms with E-state index in [2.05, 4.69) is 36.3 Å².